The third kappa shape index (κ3) is 11.8. The molecule has 0 unspecified atom stereocenters. The van der Waals surface area contributed by atoms with Crippen LogP contribution in [0.15, 0.2) is 96.1 Å². The van der Waals surface area contributed by atoms with Crippen molar-refractivity contribution in [2.24, 2.45) is 28.1 Å². The minimum Gasteiger partial charge on any atom is -0.370 e. The van der Waals surface area contributed by atoms with Crippen LogP contribution in [0.3, 0.4) is 0 Å². The first kappa shape index (κ1) is 37.2. The highest BCUT2D eigenvalue weighted by Gasteiger charge is 2.29. The molecule has 0 radical (unpaired) electrons. The summed E-state index contributed by atoms with van der Waals surface area (Å²) in [6.07, 6.45) is 4.60. The lowest BCUT2D eigenvalue weighted by Crippen LogP contribution is -2.54. The van der Waals surface area contributed by atoms with Crippen molar-refractivity contribution in [1.82, 2.24) is 20.9 Å². The number of aromatic nitrogens is 1. The van der Waals surface area contributed by atoms with E-state index in [4.69, 9.17) is 17.2 Å². The first-order valence-electron chi connectivity index (χ1n) is 16.9. The summed E-state index contributed by atoms with van der Waals surface area (Å²) in [5, 5.41) is 9.71. The fourth-order valence-corrected chi connectivity index (χ4v) is 6.12. The Labute approximate surface area is 292 Å². The van der Waals surface area contributed by atoms with Gasteiger partial charge in [-0.1, -0.05) is 78.9 Å². The summed E-state index contributed by atoms with van der Waals surface area (Å²) in [7, 11) is 0. The topological polar surface area (TPSA) is 211 Å². The molecule has 0 aliphatic heterocycles. The summed E-state index contributed by atoms with van der Waals surface area (Å²) in [6.45, 7) is 1.73. The van der Waals surface area contributed by atoms with Crippen LogP contribution in [0.4, 0.5) is 0 Å². The largest absolute Gasteiger partial charge is 0.370 e. The molecule has 264 valence electrons. The van der Waals surface area contributed by atoms with Gasteiger partial charge < -0.3 is 38.1 Å². The normalized spacial score (nSPS) is 13.4. The molecule has 12 nitrogen and oxygen atoms in total. The third-order valence-electron chi connectivity index (χ3n) is 8.63. The zero-order chi connectivity index (χ0) is 35.9. The Morgan fingerprint density at radius 2 is 1.32 bits per heavy atom. The Balaban J connectivity index is 1.52. The number of para-hydroxylation sites is 1. The molecule has 4 aromatic rings. The Kier molecular flexibility index (Phi) is 14.0. The van der Waals surface area contributed by atoms with E-state index in [1.54, 1.807) is 6.20 Å². The fourth-order valence-electron chi connectivity index (χ4n) is 6.12. The second-order valence-corrected chi connectivity index (χ2v) is 12.6. The van der Waals surface area contributed by atoms with E-state index in [-0.39, 0.29) is 43.2 Å². The van der Waals surface area contributed by atoms with Crippen molar-refractivity contribution in [3.05, 3.63) is 108 Å². The van der Waals surface area contributed by atoms with Crippen molar-refractivity contribution in [3.8, 4) is 0 Å². The van der Waals surface area contributed by atoms with Gasteiger partial charge in [0.05, 0.1) is 0 Å². The standard InChI is InChI=1S/C38H48N8O4/c1-25(47)44-30(22-27-13-6-3-7-14-27)19-18-28(21-26-11-4-2-5-12-26)36(49)45-33(17-10-20-42-38(40)41)37(50)46-34(35(39)48)23-29-24-43-32-16-9-8-15-31(29)32/h2-9,11-16,24,28,30,33-34,43H,10,17-23H2,1H3,(H2,39,48)(H,44,47)(H,45,49)(H,46,50)(H4,40,41,42)/t28-,30-,33+,34+/m1/s1. The number of H-pyrrole nitrogens is 1. The molecular weight excluding hydrogens is 632 g/mol. The quantitative estimate of drug-likeness (QED) is 0.0449. The summed E-state index contributed by atoms with van der Waals surface area (Å²) in [5.41, 5.74) is 20.5. The number of benzene rings is 3. The average molecular weight is 681 g/mol. The monoisotopic (exact) mass is 680 g/mol. The van der Waals surface area contributed by atoms with Gasteiger partial charge in [0.2, 0.25) is 23.6 Å². The van der Waals surface area contributed by atoms with Crippen molar-refractivity contribution in [2.45, 2.75) is 70.0 Å². The van der Waals surface area contributed by atoms with E-state index < -0.39 is 29.8 Å². The van der Waals surface area contributed by atoms with E-state index in [0.29, 0.717) is 32.1 Å². The number of aromatic amines is 1. The summed E-state index contributed by atoms with van der Waals surface area (Å²) < 4.78 is 0. The van der Waals surface area contributed by atoms with Gasteiger partial charge in [-0.3, -0.25) is 24.2 Å². The number of nitrogens with one attached hydrogen (secondary N) is 4. The maximum absolute atomic E-state index is 14.1. The van der Waals surface area contributed by atoms with E-state index >= 15 is 0 Å². The van der Waals surface area contributed by atoms with Crippen LogP contribution in [-0.2, 0) is 38.4 Å². The number of amides is 4. The molecule has 10 N–H and O–H groups in total. The van der Waals surface area contributed by atoms with E-state index in [0.717, 1.165) is 27.6 Å². The van der Waals surface area contributed by atoms with E-state index in [9.17, 15) is 19.2 Å². The number of primary amides is 1. The van der Waals surface area contributed by atoms with Gasteiger partial charge in [-0.05, 0) is 61.3 Å². The highest BCUT2D eigenvalue weighted by atomic mass is 16.2. The molecule has 50 heavy (non-hydrogen) atoms. The van der Waals surface area contributed by atoms with Gasteiger partial charge in [0.25, 0.3) is 0 Å². The first-order chi connectivity index (χ1) is 24.1. The number of fused-ring (bicyclic) bond motifs is 1. The zero-order valence-electron chi connectivity index (χ0n) is 28.4. The van der Waals surface area contributed by atoms with Crippen LogP contribution in [0.25, 0.3) is 10.9 Å². The van der Waals surface area contributed by atoms with Gasteiger partial charge in [0.15, 0.2) is 5.96 Å². The van der Waals surface area contributed by atoms with Crippen molar-refractivity contribution in [1.29, 1.82) is 0 Å². The maximum Gasteiger partial charge on any atom is 0.243 e. The molecule has 0 fully saturated rings. The lowest BCUT2D eigenvalue weighted by Gasteiger charge is -2.26. The number of guanidine groups is 1. The second-order valence-electron chi connectivity index (χ2n) is 12.6. The molecular formula is C38H48N8O4. The van der Waals surface area contributed by atoms with E-state index in [1.807, 2.05) is 84.9 Å². The Hall–Kier alpha value is -5.65. The average Bonchev–Trinajstić information content (AvgIpc) is 3.50. The van der Waals surface area contributed by atoms with Gasteiger partial charge in [0, 0.05) is 48.9 Å². The molecule has 0 aliphatic rings. The number of carbonyl (C=O) groups is 4. The van der Waals surface area contributed by atoms with Crippen LogP contribution in [0.5, 0.6) is 0 Å². The molecule has 1 heterocycles. The van der Waals surface area contributed by atoms with Gasteiger partial charge in [-0.15, -0.1) is 0 Å². The van der Waals surface area contributed by atoms with E-state index in [1.165, 1.54) is 6.92 Å². The van der Waals surface area contributed by atoms with Crippen molar-refractivity contribution in [2.75, 3.05) is 6.54 Å². The summed E-state index contributed by atoms with van der Waals surface area (Å²) >= 11 is 0. The van der Waals surface area contributed by atoms with Gasteiger partial charge in [-0.2, -0.15) is 0 Å². The van der Waals surface area contributed by atoms with Crippen LogP contribution < -0.4 is 33.2 Å². The molecule has 12 heteroatoms. The van der Waals surface area contributed by atoms with Crippen LogP contribution in [-0.4, -0.2) is 59.2 Å². The van der Waals surface area contributed by atoms with Crippen molar-refractivity contribution < 1.29 is 19.2 Å². The van der Waals surface area contributed by atoms with Gasteiger partial charge >= 0.3 is 0 Å². The Morgan fingerprint density at radius 1 is 0.700 bits per heavy atom. The summed E-state index contributed by atoms with van der Waals surface area (Å²) in [4.78, 5) is 59.8. The number of carbonyl (C=O) groups excluding carboxylic acids is 4. The molecule has 0 saturated carbocycles. The maximum atomic E-state index is 14.1. The van der Waals surface area contributed by atoms with Crippen molar-refractivity contribution in [3.63, 3.8) is 0 Å². The zero-order valence-corrected chi connectivity index (χ0v) is 28.4. The third-order valence-corrected chi connectivity index (χ3v) is 8.63. The second kappa shape index (κ2) is 18.8. The number of nitrogens with two attached hydrogens (primary N) is 3. The van der Waals surface area contributed by atoms with Crippen LogP contribution in [0.2, 0.25) is 0 Å². The summed E-state index contributed by atoms with van der Waals surface area (Å²) in [5.74, 6) is -2.29. The lowest BCUT2D eigenvalue weighted by molar-refractivity contribution is -0.133. The predicted molar refractivity (Wildman–Crippen MR) is 196 cm³/mol. The Morgan fingerprint density at radius 3 is 1.96 bits per heavy atom. The first-order valence-corrected chi connectivity index (χ1v) is 16.9. The predicted octanol–water partition coefficient (Wildman–Crippen LogP) is 2.61. The summed E-state index contributed by atoms with van der Waals surface area (Å²) in [6, 6.07) is 24.9. The minimum absolute atomic E-state index is 0.0743. The molecule has 0 spiro atoms. The molecule has 1 aromatic heterocycles. The number of aliphatic imine (C=N–C) groups is 1. The molecule has 0 saturated heterocycles. The number of nitrogens with zero attached hydrogens (tertiary/aromatic N) is 1. The van der Waals surface area contributed by atoms with Gasteiger partial charge in [0.1, 0.15) is 12.1 Å². The molecule has 4 rings (SSSR count). The number of hydrogen-bond donors (Lipinski definition) is 7. The highest BCUT2D eigenvalue weighted by molar-refractivity contribution is 5.93. The molecule has 3 aromatic carbocycles. The van der Waals surface area contributed by atoms with Crippen LogP contribution in [0, 0.1) is 5.92 Å². The van der Waals surface area contributed by atoms with Crippen LogP contribution >= 0.6 is 0 Å². The smallest absolute Gasteiger partial charge is 0.243 e. The fraction of sp³-hybridized carbons (Fsp3) is 0.342. The Bertz CT molecular complexity index is 1740. The number of hydrogen-bond acceptors (Lipinski definition) is 5. The molecule has 4 amide bonds. The number of rotatable bonds is 19. The van der Waals surface area contributed by atoms with Crippen molar-refractivity contribution >= 4 is 40.5 Å². The molecule has 0 bridgehead atoms. The van der Waals surface area contributed by atoms with Crippen LogP contribution in [0.1, 0.15) is 49.3 Å². The SMILES string of the molecule is CC(=O)N[C@H](CC[C@H](Cc1ccccc1)C(=O)N[C@@H](CCCN=C(N)N)C(=O)N[C@@H](Cc1c[nH]c2ccccc12)C(N)=O)Cc1ccccc1. The van der Waals surface area contributed by atoms with Gasteiger partial charge in [-0.25, -0.2) is 0 Å². The lowest BCUT2D eigenvalue weighted by atomic mass is 9.90. The minimum atomic E-state index is -1.02. The highest BCUT2D eigenvalue weighted by Crippen LogP contribution is 2.21. The molecule has 4 atom stereocenters. The van der Waals surface area contributed by atoms with E-state index in [2.05, 4.69) is 25.9 Å². The molecule has 0 aliphatic carbocycles.